The first-order valence-corrected chi connectivity index (χ1v) is 16.0. The van der Waals surface area contributed by atoms with Gasteiger partial charge in [0.05, 0.1) is 11.7 Å². The molecule has 46 heavy (non-hydrogen) atoms. The third-order valence-corrected chi connectivity index (χ3v) is 11.0. The van der Waals surface area contributed by atoms with Crippen molar-refractivity contribution in [2.75, 3.05) is 0 Å². The average Bonchev–Trinajstić information content (AvgIpc) is 3.66. The lowest BCUT2D eigenvalue weighted by atomic mass is 9.57. The minimum absolute atomic E-state index is 0.0513. The zero-order valence-corrected chi connectivity index (χ0v) is 26.8. The normalized spacial score (nSPS) is 30.1. The molecule has 4 aliphatic rings. The minimum atomic E-state index is -3.95. The van der Waals surface area contributed by atoms with Crippen molar-refractivity contribution in [2.24, 2.45) is 17.3 Å². The summed E-state index contributed by atoms with van der Waals surface area (Å²) in [5.41, 5.74) is 1.54. The van der Waals surface area contributed by atoms with Crippen LogP contribution in [0.5, 0.6) is 17.2 Å². The molecule has 2 heterocycles. The lowest BCUT2D eigenvalue weighted by molar-refractivity contribution is -0.286. The van der Waals surface area contributed by atoms with E-state index in [-0.39, 0.29) is 59.4 Å². The summed E-state index contributed by atoms with van der Waals surface area (Å²) in [5, 5.41) is 0. The van der Waals surface area contributed by atoms with Crippen molar-refractivity contribution in [3.05, 3.63) is 89.0 Å². The van der Waals surface area contributed by atoms with Gasteiger partial charge in [0.2, 0.25) is 0 Å². The van der Waals surface area contributed by atoms with Crippen molar-refractivity contribution in [1.29, 1.82) is 0 Å². The van der Waals surface area contributed by atoms with Crippen LogP contribution in [-0.2, 0) is 27.3 Å². The van der Waals surface area contributed by atoms with E-state index in [1.54, 1.807) is 0 Å². The van der Waals surface area contributed by atoms with E-state index in [0.29, 0.717) is 17.9 Å². The highest BCUT2D eigenvalue weighted by molar-refractivity contribution is 6.49. The summed E-state index contributed by atoms with van der Waals surface area (Å²) in [5.74, 6) is -0.897. The third-order valence-electron chi connectivity index (χ3n) is 11.0. The highest BCUT2D eigenvalue weighted by atomic mass is 19.3. The Morgan fingerprint density at radius 2 is 1.59 bits per heavy atom. The molecule has 0 bridgehead atoms. The molecular weight excluding hydrogens is 593 g/mol. The predicted molar refractivity (Wildman–Crippen MR) is 167 cm³/mol. The van der Waals surface area contributed by atoms with Gasteiger partial charge in [-0.1, -0.05) is 88.4 Å². The van der Waals surface area contributed by atoms with Crippen molar-refractivity contribution in [3.63, 3.8) is 0 Å². The first kappa shape index (κ1) is 31.0. The lowest BCUT2D eigenvalue weighted by Gasteiger charge is -2.53. The van der Waals surface area contributed by atoms with Crippen molar-refractivity contribution >= 4 is 13.1 Å². The summed E-state index contributed by atoms with van der Waals surface area (Å²) < 4.78 is 64.3. The van der Waals surface area contributed by atoms with E-state index in [0.717, 1.165) is 17.5 Å². The van der Waals surface area contributed by atoms with E-state index < -0.39 is 30.7 Å². The predicted octanol–water partition coefficient (Wildman–Crippen LogP) is 8.17. The summed E-state index contributed by atoms with van der Waals surface area (Å²) in [6.45, 7) is 11.3. The SMILES string of the molecule is C[C@H]1CC2OB(C3CC3c3cc4c(c(C(=O)OCc5ccccc5)c3OCc3ccccc3)OC(F)(F)O4)O[C@@]2(C)[C@@H](C)C1(C)C. The maximum absolute atomic E-state index is 14.6. The number of benzene rings is 3. The highest BCUT2D eigenvalue weighted by Gasteiger charge is 2.64. The summed E-state index contributed by atoms with van der Waals surface area (Å²) in [4.78, 5) is 13.8. The Labute approximate surface area is 268 Å². The van der Waals surface area contributed by atoms with Gasteiger partial charge in [-0.05, 0) is 60.1 Å². The second-order valence-electron chi connectivity index (χ2n) is 14.0. The number of carbonyl (C=O) groups is 1. The van der Waals surface area contributed by atoms with Crippen LogP contribution in [0, 0.1) is 17.3 Å². The van der Waals surface area contributed by atoms with Crippen LogP contribution >= 0.6 is 0 Å². The van der Waals surface area contributed by atoms with Crippen LogP contribution in [0.3, 0.4) is 0 Å². The summed E-state index contributed by atoms with van der Waals surface area (Å²) in [7, 11) is -0.481. The van der Waals surface area contributed by atoms with Crippen LogP contribution in [0.4, 0.5) is 8.78 Å². The molecule has 3 unspecified atom stereocenters. The fraction of sp³-hybridized carbons (Fsp3) is 0.472. The molecule has 0 amide bonds. The zero-order chi connectivity index (χ0) is 32.4. The van der Waals surface area contributed by atoms with Gasteiger partial charge >= 0.3 is 19.4 Å². The van der Waals surface area contributed by atoms with Gasteiger partial charge in [0.25, 0.3) is 0 Å². The standard InChI is InChI=1S/C36H39BF2O7/c1-21-16-29-35(5,22(2)34(21,3)4)46-37(45-29)27-17-25(27)26-18-28-32(44-36(38,39)43-28)30(31(26)41-19-23-12-8-6-9-13-23)33(40)42-20-24-14-10-7-11-15-24/h6-15,18,21-22,25,27,29H,16-17,19-20H2,1-5H3/t21-,22-,25?,27?,29?,35-/m0/s1. The molecule has 3 fully saturated rings. The second-order valence-corrected chi connectivity index (χ2v) is 14.0. The molecule has 2 aliphatic heterocycles. The monoisotopic (exact) mass is 632 g/mol. The van der Waals surface area contributed by atoms with Crippen LogP contribution in [0.1, 0.15) is 80.4 Å². The summed E-state index contributed by atoms with van der Waals surface area (Å²) in [6.07, 6.45) is -2.44. The molecule has 0 N–H and O–H groups in total. The van der Waals surface area contributed by atoms with E-state index in [4.69, 9.17) is 28.3 Å². The molecule has 242 valence electrons. The Balaban J connectivity index is 1.23. The molecule has 10 heteroatoms. The largest absolute Gasteiger partial charge is 0.586 e. The third kappa shape index (κ3) is 5.43. The number of ether oxygens (including phenoxy) is 4. The summed E-state index contributed by atoms with van der Waals surface area (Å²) >= 11 is 0. The van der Waals surface area contributed by atoms with Crippen LogP contribution in [0.2, 0.25) is 5.82 Å². The van der Waals surface area contributed by atoms with Gasteiger partial charge in [-0.25, -0.2) is 4.79 Å². The second kappa shape index (κ2) is 11.3. The Morgan fingerprint density at radius 3 is 2.26 bits per heavy atom. The Morgan fingerprint density at radius 1 is 0.935 bits per heavy atom. The van der Waals surface area contributed by atoms with Crippen molar-refractivity contribution in [1.82, 2.24) is 0 Å². The topological polar surface area (TPSA) is 72.5 Å². The summed E-state index contributed by atoms with van der Waals surface area (Å²) in [6, 6.07) is 20.1. The molecule has 1 saturated heterocycles. The zero-order valence-electron chi connectivity index (χ0n) is 26.8. The van der Waals surface area contributed by atoms with E-state index in [1.165, 1.54) is 6.07 Å². The number of hydrogen-bond donors (Lipinski definition) is 0. The number of halogens is 2. The van der Waals surface area contributed by atoms with Crippen LogP contribution in [-0.4, -0.2) is 31.1 Å². The molecule has 0 aromatic heterocycles. The van der Waals surface area contributed by atoms with E-state index in [9.17, 15) is 13.6 Å². The number of alkyl halides is 2. The van der Waals surface area contributed by atoms with E-state index in [2.05, 4.69) is 34.6 Å². The molecular formula is C36H39BF2O7. The van der Waals surface area contributed by atoms with Gasteiger partial charge in [-0.15, -0.1) is 8.78 Å². The fourth-order valence-corrected chi connectivity index (χ4v) is 7.40. The molecule has 0 radical (unpaired) electrons. The number of rotatable bonds is 8. The van der Waals surface area contributed by atoms with E-state index in [1.807, 2.05) is 60.7 Å². The van der Waals surface area contributed by atoms with Gasteiger partial charge in [0, 0.05) is 11.4 Å². The molecule has 3 aromatic carbocycles. The van der Waals surface area contributed by atoms with Crippen LogP contribution in [0.15, 0.2) is 66.7 Å². The first-order chi connectivity index (χ1) is 21.9. The minimum Gasteiger partial charge on any atom is -0.488 e. The van der Waals surface area contributed by atoms with E-state index >= 15 is 0 Å². The van der Waals surface area contributed by atoms with Gasteiger partial charge in [0.15, 0.2) is 11.5 Å². The number of esters is 1. The maximum Gasteiger partial charge on any atom is 0.586 e. The number of carbonyl (C=O) groups excluding carboxylic acids is 1. The fourth-order valence-electron chi connectivity index (χ4n) is 7.40. The Bertz CT molecular complexity index is 1620. The molecule has 3 aromatic rings. The van der Waals surface area contributed by atoms with Gasteiger partial charge in [-0.2, -0.15) is 0 Å². The van der Waals surface area contributed by atoms with Gasteiger partial charge in [-0.3, -0.25) is 0 Å². The highest BCUT2D eigenvalue weighted by Crippen LogP contribution is 2.64. The average molecular weight is 633 g/mol. The van der Waals surface area contributed by atoms with Gasteiger partial charge < -0.3 is 28.3 Å². The van der Waals surface area contributed by atoms with Crippen LogP contribution in [0.25, 0.3) is 0 Å². The molecule has 2 saturated carbocycles. The van der Waals surface area contributed by atoms with Crippen molar-refractivity contribution in [2.45, 2.75) is 90.4 Å². The molecule has 7 rings (SSSR count). The molecule has 7 nitrogen and oxygen atoms in total. The van der Waals surface area contributed by atoms with Crippen molar-refractivity contribution < 1.29 is 41.8 Å². The van der Waals surface area contributed by atoms with Crippen LogP contribution < -0.4 is 14.2 Å². The number of hydrogen-bond acceptors (Lipinski definition) is 7. The quantitative estimate of drug-likeness (QED) is 0.183. The lowest BCUT2D eigenvalue weighted by Crippen LogP contribution is -2.56. The molecule has 2 aliphatic carbocycles. The maximum atomic E-state index is 14.6. The molecule has 0 spiro atoms. The smallest absolute Gasteiger partial charge is 0.488 e. The first-order valence-electron chi connectivity index (χ1n) is 16.0. The van der Waals surface area contributed by atoms with Crippen molar-refractivity contribution in [3.8, 4) is 17.2 Å². The Kier molecular flexibility index (Phi) is 7.59. The Hall–Kier alpha value is -3.63. The molecule has 6 atom stereocenters. The number of fused-ring (bicyclic) bond motifs is 2. The van der Waals surface area contributed by atoms with Gasteiger partial charge in [0.1, 0.15) is 24.5 Å².